The van der Waals surface area contributed by atoms with Crippen LogP contribution in [-0.4, -0.2) is 22.0 Å². The van der Waals surface area contributed by atoms with Gasteiger partial charge in [-0.15, -0.1) is 0 Å². The topological polar surface area (TPSA) is 79.3 Å². The number of pyridine rings is 1. The summed E-state index contributed by atoms with van der Waals surface area (Å²) in [5, 5.41) is 12.5. The van der Waals surface area contributed by atoms with Crippen LogP contribution in [0.25, 0.3) is 0 Å². The third kappa shape index (κ3) is 3.79. The van der Waals surface area contributed by atoms with Crippen LogP contribution in [0.5, 0.6) is 0 Å². The first-order chi connectivity index (χ1) is 13.6. The second kappa shape index (κ2) is 8.13. The normalized spacial score (nSPS) is 23.0. The van der Waals surface area contributed by atoms with Crippen molar-refractivity contribution in [2.45, 2.75) is 50.5 Å². The smallest absolute Gasteiger partial charge is 0.307 e. The molecule has 1 heterocycles. The summed E-state index contributed by atoms with van der Waals surface area (Å²) in [7, 11) is 0. The van der Waals surface area contributed by atoms with Gasteiger partial charge in [-0.2, -0.15) is 0 Å². The molecule has 0 radical (unpaired) electrons. The highest BCUT2D eigenvalue weighted by Crippen LogP contribution is 2.36. The number of rotatable bonds is 6. The van der Waals surface area contributed by atoms with Crippen LogP contribution < -0.4 is 5.32 Å². The van der Waals surface area contributed by atoms with E-state index in [1.807, 2.05) is 42.6 Å². The van der Waals surface area contributed by atoms with E-state index in [0.29, 0.717) is 18.8 Å². The van der Waals surface area contributed by atoms with Crippen LogP contribution in [0.1, 0.15) is 67.3 Å². The minimum absolute atomic E-state index is 0.191. The summed E-state index contributed by atoms with van der Waals surface area (Å²) in [6, 6.07) is 13.5. The molecule has 0 saturated heterocycles. The van der Waals surface area contributed by atoms with Crippen LogP contribution >= 0.6 is 0 Å². The number of nitrogens with one attached hydrogen (secondary N) is 1. The van der Waals surface area contributed by atoms with Crippen molar-refractivity contribution in [2.24, 2.45) is 11.8 Å². The number of carboxylic acid groups (broad SMARTS) is 1. The van der Waals surface area contributed by atoms with Gasteiger partial charge in [0.15, 0.2) is 0 Å². The fraction of sp³-hybridized carbons (Fsp3) is 0.435. The van der Waals surface area contributed by atoms with Gasteiger partial charge in [0.2, 0.25) is 5.91 Å². The van der Waals surface area contributed by atoms with E-state index >= 15 is 0 Å². The number of benzene rings is 1. The minimum Gasteiger partial charge on any atom is -0.481 e. The molecule has 1 aromatic heterocycles. The van der Waals surface area contributed by atoms with Crippen molar-refractivity contribution in [3.63, 3.8) is 0 Å². The lowest BCUT2D eigenvalue weighted by atomic mass is 9.80. The number of carbonyl (C=O) groups excluding carboxylic acids is 1. The molecule has 3 atom stereocenters. The predicted octanol–water partition coefficient (Wildman–Crippen LogP) is 4.06. The monoisotopic (exact) mass is 378 g/mol. The number of carboxylic acids is 1. The Morgan fingerprint density at radius 2 is 1.68 bits per heavy atom. The number of amides is 1. The summed E-state index contributed by atoms with van der Waals surface area (Å²) < 4.78 is 0. The third-order valence-corrected chi connectivity index (χ3v) is 6.27. The molecule has 0 aliphatic heterocycles. The Hall–Kier alpha value is -2.69. The van der Waals surface area contributed by atoms with E-state index in [9.17, 15) is 14.7 Å². The Balaban J connectivity index is 1.57. The fourth-order valence-corrected chi connectivity index (χ4v) is 4.36. The van der Waals surface area contributed by atoms with Crippen LogP contribution in [0, 0.1) is 11.8 Å². The number of hydrogen-bond donors (Lipinski definition) is 2. The molecule has 0 bridgehead atoms. The van der Waals surface area contributed by atoms with Gasteiger partial charge < -0.3 is 10.4 Å². The summed E-state index contributed by atoms with van der Waals surface area (Å²) >= 11 is 0. The highest BCUT2D eigenvalue weighted by atomic mass is 16.4. The lowest BCUT2D eigenvalue weighted by molar-refractivity contribution is -0.146. The maximum Gasteiger partial charge on any atom is 0.307 e. The van der Waals surface area contributed by atoms with Crippen molar-refractivity contribution in [1.29, 1.82) is 0 Å². The second-order valence-electron chi connectivity index (χ2n) is 7.98. The molecule has 5 nitrogen and oxygen atoms in total. The Kier molecular flexibility index (Phi) is 5.42. The molecule has 2 aliphatic carbocycles. The van der Waals surface area contributed by atoms with Gasteiger partial charge in [-0.25, -0.2) is 0 Å². The molecule has 146 valence electrons. The molecule has 5 heteroatoms. The molecule has 2 N–H and O–H groups in total. The molecule has 2 aromatic rings. The molecule has 2 aliphatic rings. The minimum atomic E-state index is -0.878. The molecule has 2 saturated carbocycles. The first-order valence-electron chi connectivity index (χ1n) is 10.2. The lowest BCUT2D eigenvalue weighted by Gasteiger charge is -2.26. The van der Waals surface area contributed by atoms with Gasteiger partial charge in [0.25, 0.3) is 0 Å². The predicted molar refractivity (Wildman–Crippen MR) is 106 cm³/mol. The van der Waals surface area contributed by atoms with Crippen LogP contribution in [0.2, 0.25) is 0 Å². The van der Waals surface area contributed by atoms with Gasteiger partial charge in [0.05, 0.1) is 23.6 Å². The van der Waals surface area contributed by atoms with Gasteiger partial charge in [-0.1, -0.05) is 49.2 Å². The standard InChI is InChI=1S/C23H26N2O3/c26-22(18-10-5-11-19(18)23(27)28)25-21(16-6-2-1-3-7-16)20-13-12-17(14-24-20)15-8-4-9-15/h1-3,6-7,12-15,18-19,21H,4-5,8-11H2,(H,25,26)(H,27,28). The zero-order chi connectivity index (χ0) is 19.5. The highest BCUT2D eigenvalue weighted by molar-refractivity contribution is 5.85. The van der Waals surface area contributed by atoms with Crippen LogP contribution in [-0.2, 0) is 9.59 Å². The van der Waals surface area contributed by atoms with E-state index in [2.05, 4.69) is 16.4 Å². The fourth-order valence-electron chi connectivity index (χ4n) is 4.36. The molecule has 4 rings (SSSR count). The Bertz CT molecular complexity index is 831. The van der Waals surface area contributed by atoms with E-state index in [0.717, 1.165) is 17.7 Å². The van der Waals surface area contributed by atoms with Crippen molar-refractivity contribution >= 4 is 11.9 Å². The zero-order valence-electron chi connectivity index (χ0n) is 15.9. The van der Waals surface area contributed by atoms with Crippen molar-refractivity contribution in [3.8, 4) is 0 Å². The van der Waals surface area contributed by atoms with Crippen LogP contribution in [0.15, 0.2) is 48.7 Å². The van der Waals surface area contributed by atoms with Crippen molar-refractivity contribution in [2.75, 3.05) is 0 Å². The Morgan fingerprint density at radius 1 is 0.964 bits per heavy atom. The first kappa shape index (κ1) is 18.7. The van der Waals surface area contributed by atoms with Gasteiger partial charge in [-0.3, -0.25) is 14.6 Å². The number of nitrogens with zero attached hydrogens (tertiary/aromatic N) is 1. The largest absolute Gasteiger partial charge is 0.481 e. The van der Waals surface area contributed by atoms with Crippen LogP contribution in [0.4, 0.5) is 0 Å². The summed E-state index contributed by atoms with van der Waals surface area (Å²) in [6.07, 6.45) is 7.61. The van der Waals surface area contributed by atoms with Gasteiger partial charge in [0, 0.05) is 6.20 Å². The summed E-state index contributed by atoms with van der Waals surface area (Å²) in [5.41, 5.74) is 2.99. The average molecular weight is 378 g/mol. The Morgan fingerprint density at radius 3 is 2.29 bits per heavy atom. The average Bonchev–Trinajstić information content (AvgIpc) is 3.16. The highest BCUT2D eigenvalue weighted by Gasteiger charge is 2.38. The molecular weight excluding hydrogens is 352 g/mol. The van der Waals surface area contributed by atoms with E-state index in [4.69, 9.17) is 0 Å². The van der Waals surface area contributed by atoms with E-state index in [1.165, 1.54) is 24.8 Å². The maximum atomic E-state index is 12.9. The molecule has 28 heavy (non-hydrogen) atoms. The van der Waals surface area contributed by atoms with Gasteiger partial charge in [0.1, 0.15) is 0 Å². The summed E-state index contributed by atoms with van der Waals surface area (Å²) in [5.74, 6) is -1.52. The lowest BCUT2D eigenvalue weighted by Crippen LogP contribution is -2.38. The first-order valence-corrected chi connectivity index (χ1v) is 10.2. The van der Waals surface area contributed by atoms with Crippen molar-refractivity contribution in [1.82, 2.24) is 10.3 Å². The molecule has 0 spiro atoms. The van der Waals surface area contributed by atoms with E-state index < -0.39 is 17.8 Å². The zero-order valence-corrected chi connectivity index (χ0v) is 15.9. The second-order valence-corrected chi connectivity index (χ2v) is 7.98. The molecular formula is C23H26N2O3. The number of hydrogen-bond acceptors (Lipinski definition) is 3. The SMILES string of the molecule is O=C(O)C1CCCC1C(=O)NC(c1ccccc1)c1ccc(C2CCC2)cn1. The quantitative estimate of drug-likeness (QED) is 0.795. The Labute approximate surface area is 165 Å². The summed E-state index contributed by atoms with van der Waals surface area (Å²) in [4.78, 5) is 29.1. The van der Waals surface area contributed by atoms with E-state index in [-0.39, 0.29) is 11.9 Å². The maximum absolute atomic E-state index is 12.9. The molecule has 1 amide bonds. The summed E-state index contributed by atoms with van der Waals surface area (Å²) in [6.45, 7) is 0. The van der Waals surface area contributed by atoms with Crippen molar-refractivity contribution < 1.29 is 14.7 Å². The van der Waals surface area contributed by atoms with E-state index in [1.54, 1.807) is 0 Å². The number of aliphatic carboxylic acids is 1. The third-order valence-electron chi connectivity index (χ3n) is 6.27. The van der Waals surface area contributed by atoms with Crippen LogP contribution in [0.3, 0.4) is 0 Å². The van der Waals surface area contributed by atoms with Crippen molar-refractivity contribution in [3.05, 3.63) is 65.5 Å². The number of aromatic nitrogens is 1. The molecule has 2 fully saturated rings. The molecule has 3 unspecified atom stereocenters. The van der Waals surface area contributed by atoms with Gasteiger partial charge in [-0.05, 0) is 48.8 Å². The number of carbonyl (C=O) groups is 2. The molecule has 1 aromatic carbocycles. The van der Waals surface area contributed by atoms with Gasteiger partial charge >= 0.3 is 5.97 Å².